The van der Waals surface area contributed by atoms with Crippen molar-refractivity contribution in [2.24, 2.45) is 7.05 Å². The molecule has 1 amide bonds. The lowest BCUT2D eigenvalue weighted by atomic mass is 10.1. The molecule has 0 unspecified atom stereocenters. The van der Waals surface area contributed by atoms with Crippen molar-refractivity contribution in [1.82, 2.24) is 20.0 Å². The Labute approximate surface area is 108 Å². The van der Waals surface area contributed by atoms with E-state index in [4.69, 9.17) is 0 Å². The number of rotatable bonds is 4. The van der Waals surface area contributed by atoms with E-state index < -0.39 is 0 Å². The van der Waals surface area contributed by atoms with Crippen LogP contribution in [-0.4, -0.2) is 46.8 Å². The number of carbonyl (C=O) groups is 1. The molecule has 1 aliphatic rings. The normalized spacial score (nSPS) is 16.8. The van der Waals surface area contributed by atoms with Crippen molar-refractivity contribution in [3.8, 4) is 0 Å². The summed E-state index contributed by atoms with van der Waals surface area (Å²) in [6.45, 7) is 5.91. The van der Waals surface area contributed by atoms with Crippen molar-refractivity contribution in [2.45, 2.75) is 26.2 Å². The largest absolute Gasteiger partial charge is 0.351 e. The summed E-state index contributed by atoms with van der Waals surface area (Å²) in [6, 6.07) is 0. The first-order valence-corrected chi connectivity index (χ1v) is 6.67. The van der Waals surface area contributed by atoms with Crippen LogP contribution in [0.5, 0.6) is 0 Å². The Hall–Kier alpha value is -1.36. The molecule has 1 aliphatic heterocycles. The van der Waals surface area contributed by atoms with Crippen molar-refractivity contribution in [2.75, 3.05) is 26.2 Å². The summed E-state index contributed by atoms with van der Waals surface area (Å²) in [6.07, 6.45) is 5.55. The molecule has 0 atom stereocenters. The first-order chi connectivity index (χ1) is 8.68. The van der Waals surface area contributed by atoms with E-state index >= 15 is 0 Å². The molecule has 18 heavy (non-hydrogen) atoms. The maximum Gasteiger partial charge on any atom is 0.254 e. The number of aromatic nitrogens is 2. The van der Waals surface area contributed by atoms with Gasteiger partial charge in [-0.1, -0.05) is 6.42 Å². The molecule has 0 aliphatic carbocycles. The van der Waals surface area contributed by atoms with Crippen LogP contribution in [-0.2, 0) is 7.05 Å². The van der Waals surface area contributed by atoms with Crippen molar-refractivity contribution in [3.05, 3.63) is 17.5 Å². The molecule has 1 saturated heterocycles. The SMILES string of the molecule is Cc1c(C(=O)NCCN2CCCCC2)cnn1C. The highest BCUT2D eigenvalue weighted by Crippen LogP contribution is 2.08. The van der Waals surface area contributed by atoms with Gasteiger partial charge in [0.05, 0.1) is 11.8 Å². The molecule has 100 valence electrons. The van der Waals surface area contributed by atoms with E-state index in [1.807, 2.05) is 14.0 Å². The topological polar surface area (TPSA) is 50.2 Å². The lowest BCUT2D eigenvalue weighted by Crippen LogP contribution is -2.37. The molecular weight excluding hydrogens is 228 g/mol. The van der Waals surface area contributed by atoms with Gasteiger partial charge in [-0.3, -0.25) is 9.48 Å². The number of nitrogens with one attached hydrogen (secondary N) is 1. The van der Waals surface area contributed by atoms with E-state index in [0.717, 1.165) is 12.2 Å². The number of carbonyl (C=O) groups excluding carboxylic acids is 1. The Morgan fingerprint density at radius 2 is 2.11 bits per heavy atom. The van der Waals surface area contributed by atoms with Gasteiger partial charge in [-0.2, -0.15) is 5.10 Å². The van der Waals surface area contributed by atoms with Crippen LogP contribution >= 0.6 is 0 Å². The van der Waals surface area contributed by atoms with E-state index in [1.54, 1.807) is 10.9 Å². The summed E-state index contributed by atoms with van der Waals surface area (Å²) in [5.74, 6) is -0.0161. The van der Waals surface area contributed by atoms with Crippen molar-refractivity contribution in [3.63, 3.8) is 0 Å². The highest BCUT2D eigenvalue weighted by molar-refractivity contribution is 5.94. The lowest BCUT2D eigenvalue weighted by Gasteiger charge is -2.26. The molecule has 1 N–H and O–H groups in total. The molecule has 2 rings (SSSR count). The summed E-state index contributed by atoms with van der Waals surface area (Å²) >= 11 is 0. The molecule has 0 bridgehead atoms. The van der Waals surface area contributed by atoms with Crippen LogP contribution in [0.25, 0.3) is 0 Å². The van der Waals surface area contributed by atoms with Gasteiger partial charge in [-0.15, -0.1) is 0 Å². The molecule has 0 saturated carbocycles. The number of hydrogen-bond acceptors (Lipinski definition) is 3. The standard InChI is InChI=1S/C13H22N4O/c1-11-12(10-15-16(11)2)13(18)14-6-9-17-7-4-3-5-8-17/h10H,3-9H2,1-2H3,(H,14,18). The van der Waals surface area contributed by atoms with Gasteiger partial charge in [0.25, 0.3) is 5.91 Å². The first kappa shape index (κ1) is 13.1. The first-order valence-electron chi connectivity index (χ1n) is 6.67. The van der Waals surface area contributed by atoms with Gasteiger partial charge in [0, 0.05) is 25.8 Å². The second-order valence-corrected chi connectivity index (χ2v) is 4.93. The van der Waals surface area contributed by atoms with E-state index in [1.165, 1.54) is 32.4 Å². The summed E-state index contributed by atoms with van der Waals surface area (Å²) in [7, 11) is 1.85. The zero-order valence-corrected chi connectivity index (χ0v) is 11.3. The Morgan fingerprint density at radius 3 is 2.72 bits per heavy atom. The minimum absolute atomic E-state index is 0.0161. The second-order valence-electron chi connectivity index (χ2n) is 4.93. The Morgan fingerprint density at radius 1 is 1.39 bits per heavy atom. The van der Waals surface area contributed by atoms with Crippen molar-refractivity contribution in [1.29, 1.82) is 0 Å². The fourth-order valence-electron chi connectivity index (χ4n) is 2.33. The number of amides is 1. The quantitative estimate of drug-likeness (QED) is 0.865. The van der Waals surface area contributed by atoms with Gasteiger partial charge in [0.15, 0.2) is 0 Å². The summed E-state index contributed by atoms with van der Waals surface area (Å²) in [4.78, 5) is 14.4. The molecule has 5 nitrogen and oxygen atoms in total. The van der Waals surface area contributed by atoms with Crippen LogP contribution in [0.1, 0.15) is 35.3 Å². The summed E-state index contributed by atoms with van der Waals surface area (Å²) in [5.41, 5.74) is 1.58. The van der Waals surface area contributed by atoms with Crippen LogP contribution in [0.15, 0.2) is 6.20 Å². The molecule has 0 radical (unpaired) electrons. The Kier molecular flexibility index (Phi) is 4.36. The van der Waals surface area contributed by atoms with Crippen LogP contribution in [0.4, 0.5) is 0 Å². The van der Waals surface area contributed by atoms with Crippen LogP contribution in [0, 0.1) is 6.92 Å². The molecule has 5 heteroatoms. The molecule has 1 aromatic heterocycles. The van der Waals surface area contributed by atoms with Gasteiger partial charge in [-0.25, -0.2) is 0 Å². The molecule has 2 heterocycles. The van der Waals surface area contributed by atoms with E-state index in [9.17, 15) is 4.79 Å². The minimum atomic E-state index is -0.0161. The third kappa shape index (κ3) is 3.10. The van der Waals surface area contributed by atoms with E-state index in [-0.39, 0.29) is 5.91 Å². The van der Waals surface area contributed by atoms with Crippen molar-refractivity contribution < 1.29 is 4.79 Å². The van der Waals surface area contributed by atoms with Gasteiger partial charge in [0.2, 0.25) is 0 Å². The van der Waals surface area contributed by atoms with Crippen molar-refractivity contribution >= 4 is 5.91 Å². The molecule has 1 aromatic rings. The third-order valence-electron chi connectivity index (χ3n) is 3.64. The molecule has 1 fully saturated rings. The zero-order valence-electron chi connectivity index (χ0n) is 11.3. The second kappa shape index (κ2) is 6.00. The van der Waals surface area contributed by atoms with E-state index in [0.29, 0.717) is 12.1 Å². The van der Waals surface area contributed by atoms with Crippen LogP contribution in [0.3, 0.4) is 0 Å². The van der Waals surface area contributed by atoms with Gasteiger partial charge < -0.3 is 10.2 Å². The summed E-state index contributed by atoms with van der Waals surface area (Å²) < 4.78 is 1.72. The maximum atomic E-state index is 11.9. The number of likely N-dealkylation sites (tertiary alicyclic amines) is 1. The van der Waals surface area contributed by atoms with E-state index in [2.05, 4.69) is 15.3 Å². The molecular formula is C13H22N4O. The average molecular weight is 250 g/mol. The maximum absolute atomic E-state index is 11.9. The highest BCUT2D eigenvalue weighted by Gasteiger charge is 2.13. The fourth-order valence-corrected chi connectivity index (χ4v) is 2.33. The highest BCUT2D eigenvalue weighted by atomic mass is 16.1. The fraction of sp³-hybridized carbons (Fsp3) is 0.692. The number of piperidine rings is 1. The smallest absolute Gasteiger partial charge is 0.254 e. The predicted molar refractivity (Wildman–Crippen MR) is 70.6 cm³/mol. The number of nitrogens with zero attached hydrogens (tertiary/aromatic N) is 3. The molecule has 0 aromatic carbocycles. The van der Waals surface area contributed by atoms with Crippen LogP contribution in [0.2, 0.25) is 0 Å². The van der Waals surface area contributed by atoms with Crippen LogP contribution < -0.4 is 5.32 Å². The predicted octanol–water partition coefficient (Wildman–Crippen LogP) is 0.944. The minimum Gasteiger partial charge on any atom is -0.351 e. The summed E-state index contributed by atoms with van der Waals surface area (Å²) in [5, 5.41) is 7.05. The number of aryl methyl sites for hydroxylation is 1. The Balaban J connectivity index is 1.76. The Bertz CT molecular complexity index is 407. The monoisotopic (exact) mass is 250 g/mol. The lowest BCUT2D eigenvalue weighted by molar-refractivity contribution is 0.0946. The molecule has 0 spiro atoms. The van der Waals surface area contributed by atoms with Gasteiger partial charge in [-0.05, 0) is 32.9 Å². The van der Waals surface area contributed by atoms with Gasteiger partial charge in [0.1, 0.15) is 0 Å². The average Bonchev–Trinajstić information content (AvgIpc) is 2.71. The van der Waals surface area contributed by atoms with Gasteiger partial charge >= 0.3 is 0 Å². The zero-order chi connectivity index (χ0) is 13.0. The third-order valence-corrected chi connectivity index (χ3v) is 3.64. The number of hydrogen-bond donors (Lipinski definition) is 1.